The molecule has 1 amide bonds. The molecule has 1 atom stereocenters. The number of unbranched alkanes of at least 4 members (excludes halogenated alkanes) is 2. The van der Waals surface area contributed by atoms with E-state index in [0.29, 0.717) is 30.9 Å². The van der Waals surface area contributed by atoms with E-state index in [2.05, 4.69) is 16.9 Å². The Morgan fingerprint density at radius 3 is 2.96 bits per heavy atom. The highest BCUT2D eigenvalue weighted by Gasteiger charge is 2.31. The van der Waals surface area contributed by atoms with Crippen LogP contribution in [0.2, 0.25) is 0 Å². The average molecular weight is 348 g/mol. The molecule has 3 rings (SSSR count). The van der Waals surface area contributed by atoms with Crippen LogP contribution in [0.1, 0.15) is 57.4 Å². The molecule has 1 aromatic heterocycles. The predicted octanol–water partition coefficient (Wildman–Crippen LogP) is 2.48. The van der Waals surface area contributed by atoms with Gasteiger partial charge in [0, 0.05) is 18.7 Å². The molecule has 0 bridgehead atoms. The summed E-state index contributed by atoms with van der Waals surface area (Å²) in [5, 5.41) is 0. The quantitative estimate of drug-likeness (QED) is 0.690. The number of nitrogens with two attached hydrogens (primary N) is 1. The van der Waals surface area contributed by atoms with Crippen LogP contribution in [0.25, 0.3) is 0 Å². The zero-order chi connectivity index (χ0) is 17.6. The minimum Gasteiger partial charge on any atom is -0.463 e. The van der Waals surface area contributed by atoms with Crippen LogP contribution in [0.15, 0.2) is 0 Å². The summed E-state index contributed by atoms with van der Waals surface area (Å²) in [5.74, 6) is 1.02. The zero-order valence-corrected chi connectivity index (χ0v) is 15.0. The summed E-state index contributed by atoms with van der Waals surface area (Å²) in [5.41, 5.74) is 6.74. The van der Waals surface area contributed by atoms with Crippen molar-refractivity contribution >= 4 is 17.5 Å². The van der Waals surface area contributed by atoms with Gasteiger partial charge in [0.15, 0.2) is 0 Å². The fourth-order valence-corrected chi connectivity index (χ4v) is 3.34. The lowest BCUT2D eigenvalue weighted by Crippen LogP contribution is -2.28. The van der Waals surface area contributed by atoms with Crippen molar-refractivity contribution in [3.63, 3.8) is 0 Å². The number of ether oxygens (including phenoxy) is 2. The summed E-state index contributed by atoms with van der Waals surface area (Å²) in [6.45, 7) is 4.20. The van der Waals surface area contributed by atoms with Crippen molar-refractivity contribution in [2.75, 3.05) is 30.4 Å². The van der Waals surface area contributed by atoms with Crippen molar-refractivity contribution in [1.82, 2.24) is 9.97 Å². The van der Waals surface area contributed by atoms with E-state index < -0.39 is 0 Å². The standard InChI is InChI=1S/C18H28N4O3/c1-2-3-10-25-18-20-16(19)14-12-15(23)22(17(14)21-18)9-5-4-7-13-8-6-11-24-13/h13H,2-12H2,1H3,(H2,19,20,21). The van der Waals surface area contributed by atoms with Crippen molar-refractivity contribution in [2.24, 2.45) is 0 Å². The summed E-state index contributed by atoms with van der Waals surface area (Å²) in [7, 11) is 0. The third kappa shape index (κ3) is 4.39. The largest absolute Gasteiger partial charge is 0.463 e. The summed E-state index contributed by atoms with van der Waals surface area (Å²) >= 11 is 0. The molecule has 2 aliphatic heterocycles. The molecule has 7 nitrogen and oxygen atoms in total. The van der Waals surface area contributed by atoms with Crippen LogP contribution in [-0.2, 0) is 16.0 Å². The molecule has 2 aliphatic rings. The molecule has 0 spiro atoms. The molecule has 1 aromatic rings. The summed E-state index contributed by atoms with van der Waals surface area (Å²) < 4.78 is 11.2. The van der Waals surface area contributed by atoms with Gasteiger partial charge in [-0.2, -0.15) is 9.97 Å². The Morgan fingerprint density at radius 1 is 1.32 bits per heavy atom. The summed E-state index contributed by atoms with van der Waals surface area (Å²) in [4.78, 5) is 22.7. The van der Waals surface area contributed by atoms with Gasteiger partial charge in [-0.15, -0.1) is 0 Å². The second-order valence-electron chi connectivity index (χ2n) is 6.75. The molecule has 1 saturated heterocycles. The molecule has 7 heteroatoms. The summed E-state index contributed by atoms with van der Waals surface area (Å²) in [6.07, 6.45) is 8.02. The highest BCUT2D eigenvalue weighted by Crippen LogP contribution is 2.32. The lowest BCUT2D eigenvalue weighted by atomic mass is 10.1. The van der Waals surface area contributed by atoms with Crippen molar-refractivity contribution in [2.45, 2.75) is 64.4 Å². The number of fused-ring (bicyclic) bond motifs is 1. The molecule has 1 unspecified atom stereocenters. The molecule has 2 N–H and O–H groups in total. The van der Waals surface area contributed by atoms with Crippen molar-refractivity contribution in [3.8, 4) is 6.01 Å². The number of carbonyl (C=O) groups is 1. The second-order valence-corrected chi connectivity index (χ2v) is 6.75. The number of hydrogen-bond donors (Lipinski definition) is 1. The molecule has 0 radical (unpaired) electrons. The van der Waals surface area contributed by atoms with E-state index in [1.165, 1.54) is 6.42 Å². The average Bonchev–Trinajstić information content (AvgIpc) is 3.21. The minimum absolute atomic E-state index is 0.0406. The Labute approximate surface area is 148 Å². The first kappa shape index (κ1) is 17.9. The molecule has 0 aromatic carbocycles. The van der Waals surface area contributed by atoms with Gasteiger partial charge in [0.2, 0.25) is 5.91 Å². The number of rotatable bonds is 9. The number of anilines is 2. The lowest BCUT2D eigenvalue weighted by molar-refractivity contribution is -0.117. The lowest BCUT2D eigenvalue weighted by Gasteiger charge is -2.17. The van der Waals surface area contributed by atoms with Gasteiger partial charge in [-0.25, -0.2) is 0 Å². The first-order chi connectivity index (χ1) is 12.2. The smallest absolute Gasteiger partial charge is 0.320 e. The van der Waals surface area contributed by atoms with Gasteiger partial charge in [0.05, 0.1) is 19.1 Å². The number of nitrogen functional groups attached to an aromatic ring is 1. The van der Waals surface area contributed by atoms with Gasteiger partial charge < -0.3 is 15.2 Å². The second kappa shape index (κ2) is 8.47. The van der Waals surface area contributed by atoms with E-state index in [1.54, 1.807) is 4.90 Å². The van der Waals surface area contributed by atoms with Crippen LogP contribution in [0, 0.1) is 0 Å². The molecule has 3 heterocycles. The van der Waals surface area contributed by atoms with Gasteiger partial charge in [0.1, 0.15) is 11.6 Å². The van der Waals surface area contributed by atoms with Gasteiger partial charge in [-0.3, -0.25) is 9.69 Å². The molecule has 1 fully saturated rings. The molecule has 25 heavy (non-hydrogen) atoms. The van der Waals surface area contributed by atoms with Crippen LogP contribution in [0.3, 0.4) is 0 Å². The van der Waals surface area contributed by atoms with Crippen molar-refractivity contribution in [3.05, 3.63) is 5.56 Å². The minimum atomic E-state index is 0.0406. The van der Waals surface area contributed by atoms with E-state index in [0.717, 1.165) is 50.7 Å². The van der Waals surface area contributed by atoms with Crippen LogP contribution >= 0.6 is 0 Å². The fraction of sp³-hybridized carbons (Fsp3) is 0.722. The summed E-state index contributed by atoms with van der Waals surface area (Å²) in [6, 6.07) is 0.267. The van der Waals surface area contributed by atoms with E-state index in [9.17, 15) is 4.79 Å². The third-order valence-electron chi connectivity index (χ3n) is 4.79. The zero-order valence-electron chi connectivity index (χ0n) is 15.0. The van der Waals surface area contributed by atoms with Crippen LogP contribution in [-0.4, -0.2) is 41.7 Å². The van der Waals surface area contributed by atoms with Crippen LogP contribution < -0.4 is 15.4 Å². The number of amides is 1. The number of hydrogen-bond acceptors (Lipinski definition) is 6. The molecule has 138 valence electrons. The SMILES string of the molecule is CCCCOc1nc(N)c2c(n1)N(CCCCC1CCCO1)C(=O)C2. The first-order valence-corrected chi connectivity index (χ1v) is 9.40. The highest BCUT2D eigenvalue weighted by atomic mass is 16.5. The molecular formula is C18H28N4O3. The van der Waals surface area contributed by atoms with Crippen molar-refractivity contribution < 1.29 is 14.3 Å². The Hall–Kier alpha value is -1.89. The molecule has 0 aliphatic carbocycles. The van der Waals surface area contributed by atoms with Crippen LogP contribution in [0.5, 0.6) is 6.01 Å². The van der Waals surface area contributed by atoms with Gasteiger partial charge in [-0.1, -0.05) is 13.3 Å². The third-order valence-corrected chi connectivity index (χ3v) is 4.79. The first-order valence-electron chi connectivity index (χ1n) is 9.40. The highest BCUT2D eigenvalue weighted by molar-refractivity contribution is 6.01. The van der Waals surface area contributed by atoms with E-state index in [4.69, 9.17) is 15.2 Å². The van der Waals surface area contributed by atoms with Crippen molar-refractivity contribution in [1.29, 1.82) is 0 Å². The number of aromatic nitrogens is 2. The monoisotopic (exact) mass is 348 g/mol. The molecule has 0 saturated carbocycles. The topological polar surface area (TPSA) is 90.6 Å². The van der Waals surface area contributed by atoms with Crippen LogP contribution in [0.4, 0.5) is 11.6 Å². The molecular weight excluding hydrogens is 320 g/mol. The maximum atomic E-state index is 12.3. The van der Waals surface area contributed by atoms with E-state index in [-0.39, 0.29) is 18.3 Å². The number of nitrogens with zero attached hydrogens (tertiary/aromatic N) is 3. The normalized spacial score (nSPS) is 19.5. The maximum absolute atomic E-state index is 12.3. The van der Waals surface area contributed by atoms with Gasteiger partial charge in [0.25, 0.3) is 0 Å². The van der Waals surface area contributed by atoms with E-state index >= 15 is 0 Å². The Bertz CT molecular complexity index is 602. The van der Waals surface area contributed by atoms with Gasteiger partial charge in [-0.05, 0) is 38.5 Å². The van der Waals surface area contributed by atoms with E-state index in [1.807, 2.05) is 0 Å². The predicted molar refractivity (Wildman–Crippen MR) is 95.7 cm³/mol. The van der Waals surface area contributed by atoms with Gasteiger partial charge >= 0.3 is 6.01 Å². The fourth-order valence-electron chi connectivity index (χ4n) is 3.34. The number of carbonyl (C=O) groups excluding carboxylic acids is 1. The Kier molecular flexibility index (Phi) is 6.07. The maximum Gasteiger partial charge on any atom is 0.320 e. The Balaban J connectivity index is 1.58. The Morgan fingerprint density at radius 2 is 2.20 bits per heavy atom.